The van der Waals surface area contributed by atoms with Gasteiger partial charge in [0.1, 0.15) is 6.10 Å². The number of hydrogen-bond donors (Lipinski definition) is 3. The number of aromatic hydroxyl groups is 1. The zero-order valence-corrected chi connectivity index (χ0v) is 17.5. The molecule has 0 fully saturated rings. The summed E-state index contributed by atoms with van der Waals surface area (Å²) < 4.78 is 24.4. The van der Waals surface area contributed by atoms with Crippen LogP contribution in [0.1, 0.15) is 24.5 Å². The van der Waals surface area contributed by atoms with E-state index in [4.69, 9.17) is 9.47 Å². The Morgan fingerprint density at radius 2 is 1.87 bits per heavy atom. The first-order valence-corrected chi connectivity index (χ1v) is 10.3. The standard InChI is InChI=1S/C23H22FNO5S/c24-18-13-16(10-11-20(18)26)21(9-4-12-29-22(27)14-31)30-23(28)25-19-8-3-6-15-5-1-2-7-17(15)19/h1-3,5-8,10-11,13,21,26,31H,4,9,12,14H2,(H,25,28)/t21-/m1/s1. The van der Waals surface area contributed by atoms with Gasteiger partial charge in [0, 0.05) is 5.39 Å². The van der Waals surface area contributed by atoms with Crippen molar-refractivity contribution in [2.24, 2.45) is 0 Å². The summed E-state index contributed by atoms with van der Waals surface area (Å²) in [6.07, 6.45) is -0.844. The Morgan fingerprint density at radius 3 is 2.65 bits per heavy atom. The third-order valence-electron chi connectivity index (χ3n) is 4.62. The molecule has 3 aromatic rings. The molecule has 0 aliphatic rings. The number of phenolic OH excluding ortho intramolecular Hbond substituents is 1. The molecule has 0 spiro atoms. The quantitative estimate of drug-likeness (QED) is 0.252. The number of phenols is 1. The molecule has 162 valence electrons. The van der Waals surface area contributed by atoms with E-state index in [1.165, 1.54) is 12.1 Å². The third-order valence-corrected chi connectivity index (χ3v) is 4.88. The molecule has 0 aliphatic heterocycles. The maximum atomic E-state index is 13.9. The maximum absolute atomic E-state index is 13.9. The van der Waals surface area contributed by atoms with Gasteiger partial charge in [-0.05, 0) is 42.0 Å². The number of carbonyl (C=O) groups is 2. The minimum atomic E-state index is -0.818. The van der Waals surface area contributed by atoms with E-state index < -0.39 is 29.7 Å². The van der Waals surface area contributed by atoms with Gasteiger partial charge in [-0.15, -0.1) is 0 Å². The monoisotopic (exact) mass is 443 g/mol. The molecular weight excluding hydrogens is 421 g/mol. The molecule has 8 heteroatoms. The van der Waals surface area contributed by atoms with Crippen molar-refractivity contribution in [3.8, 4) is 5.75 Å². The molecule has 2 N–H and O–H groups in total. The summed E-state index contributed by atoms with van der Waals surface area (Å²) in [5.41, 5.74) is 0.963. The second kappa shape index (κ2) is 10.7. The number of ether oxygens (including phenoxy) is 2. The predicted molar refractivity (Wildman–Crippen MR) is 119 cm³/mol. The van der Waals surface area contributed by atoms with E-state index in [1.807, 2.05) is 36.4 Å². The molecule has 0 unspecified atom stereocenters. The molecule has 0 aliphatic carbocycles. The van der Waals surface area contributed by atoms with Crippen molar-refractivity contribution >= 4 is 41.2 Å². The smallest absolute Gasteiger partial charge is 0.412 e. The van der Waals surface area contributed by atoms with Gasteiger partial charge >= 0.3 is 12.1 Å². The predicted octanol–water partition coefficient (Wildman–Crippen LogP) is 5.23. The van der Waals surface area contributed by atoms with Gasteiger partial charge in [-0.1, -0.05) is 42.5 Å². The van der Waals surface area contributed by atoms with Gasteiger partial charge < -0.3 is 14.6 Å². The van der Waals surface area contributed by atoms with Crippen LogP contribution in [0.15, 0.2) is 60.7 Å². The summed E-state index contributed by atoms with van der Waals surface area (Å²) in [6.45, 7) is 0.116. The second-order valence-electron chi connectivity index (χ2n) is 6.78. The molecule has 3 aromatic carbocycles. The zero-order valence-electron chi connectivity index (χ0n) is 16.6. The van der Waals surface area contributed by atoms with E-state index in [9.17, 15) is 19.1 Å². The fourth-order valence-electron chi connectivity index (χ4n) is 3.12. The summed E-state index contributed by atoms with van der Waals surface area (Å²) in [6, 6.07) is 16.9. The van der Waals surface area contributed by atoms with Gasteiger partial charge in [-0.3, -0.25) is 10.1 Å². The van der Waals surface area contributed by atoms with Crippen LogP contribution in [0.25, 0.3) is 10.8 Å². The number of fused-ring (bicyclic) bond motifs is 1. The number of thiol groups is 1. The van der Waals surface area contributed by atoms with Crippen LogP contribution in [0, 0.1) is 5.82 Å². The van der Waals surface area contributed by atoms with Crippen LogP contribution >= 0.6 is 12.6 Å². The van der Waals surface area contributed by atoms with Crippen molar-refractivity contribution in [1.82, 2.24) is 0 Å². The summed E-state index contributed by atoms with van der Waals surface area (Å²) in [5, 5.41) is 14.0. The van der Waals surface area contributed by atoms with Crippen LogP contribution in [0.4, 0.5) is 14.9 Å². The van der Waals surface area contributed by atoms with Crippen molar-refractivity contribution in [2.75, 3.05) is 17.7 Å². The molecular formula is C23H22FNO5S. The average molecular weight is 443 g/mol. The van der Waals surface area contributed by atoms with E-state index in [-0.39, 0.29) is 18.8 Å². The van der Waals surface area contributed by atoms with Crippen LogP contribution in [0.5, 0.6) is 5.75 Å². The van der Waals surface area contributed by atoms with E-state index in [1.54, 1.807) is 6.07 Å². The van der Waals surface area contributed by atoms with Crippen LogP contribution in [-0.2, 0) is 14.3 Å². The van der Waals surface area contributed by atoms with Gasteiger partial charge in [-0.25, -0.2) is 9.18 Å². The molecule has 3 rings (SSSR count). The number of anilines is 1. The van der Waals surface area contributed by atoms with Crippen LogP contribution in [0.2, 0.25) is 0 Å². The van der Waals surface area contributed by atoms with Crippen LogP contribution in [-0.4, -0.2) is 29.5 Å². The van der Waals surface area contributed by atoms with E-state index in [0.29, 0.717) is 17.7 Å². The van der Waals surface area contributed by atoms with Gasteiger partial charge in [0.05, 0.1) is 18.0 Å². The number of benzene rings is 3. The van der Waals surface area contributed by atoms with Gasteiger partial charge in [0.25, 0.3) is 0 Å². The van der Waals surface area contributed by atoms with Crippen molar-refractivity contribution < 1.29 is 28.6 Å². The third kappa shape index (κ3) is 6.11. The highest BCUT2D eigenvalue weighted by atomic mass is 32.1. The molecule has 6 nitrogen and oxygen atoms in total. The highest BCUT2D eigenvalue weighted by molar-refractivity contribution is 7.81. The SMILES string of the molecule is O=C(CS)OCCC[C@@H](OC(=O)Nc1cccc2ccccc12)c1ccc(O)c(F)c1. The van der Waals surface area contributed by atoms with E-state index >= 15 is 0 Å². The number of halogens is 1. The first-order valence-electron chi connectivity index (χ1n) is 9.68. The Hall–Kier alpha value is -3.26. The Morgan fingerprint density at radius 1 is 1.10 bits per heavy atom. The molecule has 1 atom stereocenters. The number of esters is 1. The number of hydrogen-bond acceptors (Lipinski definition) is 6. The van der Waals surface area contributed by atoms with E-state index in [2.05, 4.69) is 17.9 Å². The van der Waals surface area contributed by atoms with Gasteiger partial charge in [-0.2, -0.15) is 12.6 Å². The number of carbonyl (C=O) groups excluding carboxylic acids is 2. The van der Waals surface area contributed by atoms with Crippen molar-refractivity contribution in [3.05, 3.63) is 72.0 Å². The Kier molecular flexibility index (Phi) is 7.72. The lowest BCUT2D eigenvalue weighted by Gasteiger charge is -2.19. The second-order valence-corrected chi connectivity index (χ2v) is 7.09. The fourth-order valence-corrected chi connectivity index (χ4v) is 3.21. The Bertz CT molecular complexity index is 1070. The maximum Gasteiger partial charge on any atom is 0.412 e. The summed E-state index contributed by atoms with van der Waals surface area (Å²) in [4.78, 5) is 23.8. The number of rotatable bonds is 8. The topological polar surface area (TPSA) is 84.9 Å². The van der Waals surface area contributed by atoms with Gasteiger partial charge in [0.15, 0.2) is 11.6 Å². The van der Waals surface area contributed by atoms with Crippen LogP contribution < -0.4 is 5.32 Å². The Labute approximate surface area is 184 Å². The summed E-state index contributed by atoms with van der Waals surface area (Å²) in [5.74, 6) is -1.80. The molecule has 0 radical (unpaired) electrons. The fraction of sp³-hybridized carbons (Fsp3) is 0.217. The molecule has 31 heavy (non-hydrogen) atoms. The summed E-state index contributed by atoms with van der Waals surface area (Å²) in [7, 11) is 0. The van der Waals surface area contributed by atoms with Crippen LogP contribution in [0.3, 0.4) is 0 Å². The molecule has 0 saturated heterocycles. The van der Waals surface area contributed by atoms with Crippen molar-refractivity contribution in [2.45, 2.75) is 18.9 Å². The summed E-state index contributed by atoms with van der Waals surface area (Å²) >= 11 is 3.84. The first kappa shape index (κ1) is 22.4. The molecule has 0 bridgehead atoms. The average Bonchev–Trinajstić information content (AvgIpc) is 2.77. The minimum absolute atomic E-state index is 0.0312. The number of nitrogens with one attached hydrogen (secondary N) is 1. The highest BCUT2D eigenvalue weighted by Crippen LogP contribution is 2.28. The number of amides is 1. The lowest BCUT2D eigenvalue weighted by Crippen LogP contribution is -2.18. The van der Waals surface area contributed by atoms with E-state index in [0.717, 1.165) is 16.8 Å². The molecule has 1 amide bonds. The van der Waals surface area contributed by atoms with Crippen molar-refractivity contribution in [1.29, 1.82) is 0 Å². The molecule has 0 heterocycles. The zero-order chi connectivity index (χ0) is 22.2. The molecule has 0 saturated carbocycles. The largest absolute Gasteiger partial charge is 0.505 e. The highest BCUT2D eigenvalue weighted by Gasteiger charge is 2.19. The van der Waals surface area contributed by atoms with Crippen molar-refractivity contribution in [3.63, 3.8) is 0 Å². The lowest BCUT2D eigenvalue weighted by atomic mass is 10.0. The molecule has 0 aromatic heterocycles. The normalized spacial score (nSPS) is 11.7. The first-order chi connectivity index (χ1) is 15.0. The lowest BCUT2D eigenvalue weighted by molar-refractivity contribution is -0.140. The Balaban J connectivity index is 1.72. The minimum Gasteiger partial charge on any atom is -0.505 e. The van der Waals surface area contributed by atoms with Gasteiger partial charge in [0.2, 0.25) is 0 Å².